The fourth-order valence-corrected chi connectivity index (χ4v) is 7.47. The second-order valence-electron chi connectivity index (χ2n) is 15.0. The van der Waals surface area contributed by atoms with Crippen LogP contribution in [0.2, 0.25) is 0 Å². The molecule has 3 amide bonds. The molecule has 0 spiro atoms. The molecule has 9 atom stereocenters. The molecule has 1 rings (SSSR count). The van der Waals surface area contributed by atoms with Gasteiger partial charge in [-0.05, 0) is 69.4 Å². The number of hydrogen-bond donors (Lipinski definition) is 3. The van der Waals surface area contributed by atoms with E-state index < -0.39 is 36.0 Å². The molecule has 0 aromatic carbocycles. The minimum absolute atomic E-state index is 0.0230. The molecule has 0 aromatic rings. The van der Waals surface area contributed by atoms with Crippen molar-refractivity contribution in [2.45, 2.75) is 137 Å². The number of carbonyl (C=O) groups excluding carboxylic acids is 4. The number of nitrogens with zero attached hydrogens (tertiary/aromatic N) is 2. The van der Waals surface area contributed by atoms with Crippen molar-refractivity contribution >= 4 is 29.5 Å². The summed E-state index contributed by atoms with van der Waals surface area (Å²) in [4.78, 5) is 67.8. The minimum atomic E-state index is -0.871. The lowest BCUT2D eigenvalue weighted by Gasteiger charge is -2.36. The van der Waals surface area contributed by atoms with Gasteiger partial charge in [0.2, 0.25) is 17.7 Å². The van der Waals surface area contributed by atoms with Crippen LogP contribution in [0.1, 0.15) is 107 Å². The number of amides is 3. The van der Waals surface area contributed by atoms with Gasteiger partial charge < -0.3 is 30.5 Å². The number of likely N-dealkylation sites (tertiary alicyclic amines) is 1. The third-order valence-corrected chi connectivity index (χ3v) is 10.7. The maximum Gasteiger partial charge on any atom is 0.303 e. The zero-order valence-electron chi connectivity index (χ0n) is 32.2. The Morgan fingerprint density at radius 2 is 1.61 bits per heavy atom. The van der Waals surface area contributed by atoms with Crippen LogP contribution in [0.5, 0.6) is 0 Å². The van der Waals surface area contributed by atoms with Crippen LogP contribution in [0, 0.1) is 35.5 Å². The van der Waals surface area contributed by atoms with Crippen LogP contribution in [-0.4, -0.2) is 109 Å². The van der Waals surface area contributed by atoms with Gasteiger partial charge in [0, 0.05) is 33.1 Å². The normalized spacial score (nSPS) is 20.0. The Bertz CT molecular complexity index is 1070. The van der Waals surface area contributed by atoms with Crippen LogP contribution in [0.25, 0.3) is 0 Å². The topological polar surface area (TPSA) is 169 Å². The molecular formula is C37H68N4O8. The molecule has 0 bridgehead atoms. The molecule has 1 saturated heterocycles. The highest BCUT2D eigenvalue weighted by Gasteiger charge is 2.41. The minimum Gasteiger partial charge on any atom is -0.481 e. The quantitative estimate of drug-likeness (QED) is 0.134. The Balaban J connectivity index is 3.05. The molecular weight excluding hydrogens is 628 g/mol. The number of ether oxygens (including phenoxy) is 2. The van der Waals surface area contributed by atoms with E-state index >= 15 is 0 Å². The first-order chi connectivity index (χ1) is 22.9. The molecule has 12 heteroatoms. The molecule has 1 heterocycles. The zero-order valence-corrected chi connectivity index (χ0v) is 32.2. The number of primary amides is 1. The number of likely N-dealkylation sites (N-methyl/N-ethyl adjacent to an activating group) is 1. The van der Waals surface area contributed by atoms with E-state index in [0.717, 1.165) is 19.3 Å². The lowest BCUT2D eigenvalue weighted by molar-refractivity contribution is -0.142. The molecule has 1 aliphatic heterocycles. The van der Waals surface area contributed by atoms with Crippen molar-refractivity contribution in [2.24, 2.45) is 41.2 Å². The Labute approximate surface area is 295 Å². The average molecular weight is 697 g/mol. The largest absolute Gasteiger partial charge is 0.481 e. The van der Waals surface area contributed by atoms with Crippen molar-refractivity contribution in [3.63, 3.8) is 0 Å². The number of hydrogen-bond acceptors (Lipinski definition) is 8. The van der Waals surface area contributed by atoms with Gasteiger partial charge >= 0.3 is 5.97 Å². The van der Waals surface area contributed by atoms with Crippen LogP contribution in [0.15, 0.2) is 0 Å². The van der Waals surface area contributed by atoms with Gasteiger partial charge in [0.05, 0.1) is 42.7 Å². The van der Waals surface area contributed by atoms with Crippen molar-refractivity contribution in [3.05, 3.63) is 0 Å². The number of methoxy groups -OCH3 is 2. The lowest BCUT2D eigenvalue weighted by Crippen LogP contribution is -2.55. The monoisotopic (exact) mass is 697 g/mol. The second kappa shape index (κ2) is 21.6. The lowest BCUT2D eigenvalue weighted by atomic mass is 9.79. The highest BCUT2D eigenvalue weighted by Crippen LogP contribution is 2.32. The Morgan fingerprint density at radius 1 is 0.980 bits per heavy atom. The highest BCUT2D eigenvalue weighted by atomic mass is 16.5. The number of nitrogens with one attached hydrogen (secondary N) is 1. The van der Waals surface area contributed by atoms with Gasteiger partial charge in [-0.2, -0.15) is 0 Å². The Hall–Kier alpha value is -2.57. The van der Waals surface area contributed by atoms with Gasteiger partial charge in [0.1, 0.15) is 0 Å². The maximum atomic E-state index is 13.9. The summed E-state index contributed by atoms with van der Waals surface area (Å²) in [5.74, 6) is -2.40. The number of carbonyl (C=O) groups is 5. The third kappa shape index (κ3) is 13.2. The standard InChI is InChI=1S/C37H68N4O8/c1-12-24(6)27(29(48-10)21-30(42)41-20-13-15-28(41)35(49-11)26(8)36(38)46)18-17-25(7)34(45)32(22(2)3)39-37(47)33(23(4)5)40(9)19-14-16-31(43)44/h22-29,32-33,35H,12-21H2,1-11H3,(H2,38,46)(H,39,47)(H,43,44). The molecule has 0 aliphatic carbocycles. The first kappa shape index (κ1) is 44.5. The van der Waals surface area contributed by atoms with E-state index in [4.69, 9.17) is 20.3 Å². The molecule has 4 N–H and O–H groups in total. The molecule has 12 nitrogen and oxygen atoms in total. The molecule has 284 valence electrons. The number of aliphatic carboxylic acids is 1. The summed E-state index contributed by atoms with van der Waals surface area (Å²) in [6, 6.07) is -1.40. The smallest absolute Gasteiger partial charge is 0.303 e. The van der Waals surface area contributed by atoms with E-state index in [9.17, 15) is 24.0 Å². The van der Waals surface area contributed by atoms with Gasteiger partial charge in [0.25, 0.3) is 0 Å². The Kier molecular flexibility index (Phi) is 19.6. The van der Waals surface area contributed by atoms with E-state index in [-0.39, 0.29) is 72.2 Å². The number of nitrogens with two attached hydrogens (primary N) is 1. The van der Waals surface area contributed by atoms with Crippen molar-refractivity contribution in [3.8, 4) is 0 Å². The van der Waals surface area contributed by atoms with Crippen molar-refractivity contribution in [1.82, 2.24) is 15.1 Å². The summed E-state index contributed by atoms with van der Waals surface area (Å²) in [6.45, 7) is 16.7. The van der Waals surface area contributed by atoms with E-state index in [2.05, 4.69) is 19.2 Å². The molecule has 0 aromatic heterocycles. The van der Waals surface area contributed by atoms with Crippen molar-refractivity contribution in [2.75, 3.05) is 34.4 Å². The van der Waals surface area contributed by atoms with Crippen LogP contribution in [0.3, 0.4) is 0 Å². The summed E-state index contributed by atoms with van der Waals surface area (Å²) < 4.78 is 11.7. The summed E-state index contributed by atoms with van der Waals surface area (Å²) in [7, 11) is 4.99. The number of rotatable bonds is 24. The van der Waals surface area contributed by atoms with E-state index in [1.165, 1.54) is 0 Å². The Morgan fingerprint density at radius 3 is 2.10 bits per heavy atom. The fourth-order valence-electron chi connectivity index (χ4n) is 7.47. The summed E-state index contributed by atoms with van der Waals surface area (Å²) in [5, 5.41) is 12.1. The van der Waals surface area contributed by atoms with Gasteiger partial charge in [-0.15, -0.1) is 0 Å². The van der Waals surface area contributed by atoms with E-state index in [1.54, 1.807) is 21.1 Å². The number of carboxylic acids is 1. The van der Waals surface area contributed by atoms with Crippen molar-refractivity contribution in [1.29, 1.82) is 0 Å². The predicted octanol–water partition coefficient (Wildman–Crippen LogP) is 4.13. The first-order valence-corrected chi connectivity index (χ1v) is 18.3. The zero-order chi connectivity index (χ0) is 37.6. The molecule has 1 aliphatic rings. The average Bonchev–Trinajstić information content (AvgIpc) is 3.51. The number of carboxylic acid groups (broad SMARTS) is 1. The summed E-state index contributed by atoms with van der Waals surface area (Å²) in [6.07, 6.45) is 3.51. The maximum absolute atomic E-state index is 13.9. The molecule has 49 heavy (non-hydrogen) atoms. The predicted molar refractivity (Wildman–Crippen MR) is 191 cm³/mol. The molecule has 0 saturated carbocycles. The van der Waals surface area contributed by atoms with E-state index in [1.807, 2.05) is 51.5 Å². The summed E-state index contributed by atoms with van der Waals surface area (Å²) >= 11 is 0. The molecule has 1 fully saturated rings. The molecule has 9 unspecified atom stereocenters. The van der Waals surface area contributed by atoms with Crippen LogP contribution in [-0.2, 0) is 33.4 Å². The second-order valence-corrected chi connectivity index (χ2v) is 15.0. The third-order valence-electron chi connectivity index (χ3n) is 10.7. The van der Waals surface area contributed by atoms with Gasteiger partial charge in [-0.1, -0.05) is 61.8 Å². The highest BCUT2D eigenvalue weighted by molar-refractivity contribution is 5.92. The van der Waals surface area contributed by atoms with Gasteiger partial charge in [-0.25, -0.2) is 0 Å². The van der Waals surface area contributed by atoms with Gasteiger partial charge in [-0.3, -0.25) is 28.9 Å². The molecule has 0 radical (unpaired) electrons. The van der Waals surface area contributed by atoms with Gasteiger partial charge in [0.15, 0.2) is 5.78 Å². The fraction of sp³-hybridized carbons (Fsp3) is 0.865. The van der Waals surface area contributed by atoms with E-state index in [0.29, 0.717) is 32.4 Å². The van der Waals surface area contributed by atoms with Crippen molar-refractivity contribution < 1.29 is 38.6 Å². The summed E-state index contributed by atoms with van der Waals surface area (Å²) in [5.41, 5.74) is 5.59. The number of ketones is 1. The van der Waals surface area contributed by atoms with Crippen LogP contribution >= 0.6 is 0 Å². The number of Topliss-reactive ketones (excluding diaryl/α,β-unsaturated/α-hetero) is 1. The first-order valence-electron chi connectivity index (χ1n) is 18.3. The SMILES string of the molecule is CCC(C)C(CCC(C)C(=O)C(NC(=O)C(C(C)C)N(C)CCCC(=O)O)C(C)C)C(CC(=O)N1CCCC1C(OC)C(C)C(N)=O)OC. The van der Waals surface area contributed by atoms with Crippen LogP contribution in [0.4, 0.5) is 0 Å². The van der Waals surface area contributed by atoms with Crippen LogP contribution < -0.4 is 11.1 Å².